The molecule has 9 heteroatoms. The fourth-order valence-electron chi connectivity index (χ4n) is 3.48. The van der Waals surface area contributed by atoms with Crippen molar-refractivity contribution in [2.24, 2.45) is 4.99 Å². The van der Waals surface area contributed by atoms with Crippen molar-refractivity contribution < 1.29 is 12.8 Å². The number of nitrogens with zero attached hydrogens (tertiary/aromatic N) is 4. The van der Waals surface area contributed by atoms with Gasteiger partial charge in [-0.2, -0.15) is 0 Å². The Labute approximate surface area is 168 Å². The second kappa shape index (κ2) is 7.60. The van der Waals surface area contributed by atoms with Gasteiger partial charge in [-0.05, 0) is 42.5 Å². The largest absolute Gasteiger partial charge is 0.368 e. The Hall–Kier alpha value is -2.32. The molecule has 0 aliphatic carbocycles. The Morgan fingerprint density at radius 1 is 0.929 bits per heavy atom. The van der Waals surface area contributed by atoms with Crippen molar-refractivity contribution in [3.05, 3.63) is 59.4 Å². The summed E-state index contributed by atoms with van der Waals surface area (Å²) < 4.78 is 40.5. The van der Waals surface area contributed by atoms with E-state index in [0.717, 1.165) is 30.9 Å². The van der Waals surface area contributed by atoms with Crippen LogP contribution in [0, 0.1) is 5.82 Å². The summed E-state index contributed by atoms with van der Waals surface area (Å²) in [6.07, 6.45) is 0. The van der Waals surface area contributed by atoms with Crippen molar-refractivity contribution in [3.8, 4) is 0 Å². The Balaban J connectivity index is 1.48. The number of guanidine groups is 1. The summed E-state index contributed by atoms with van der Waals surface area (Å²) >= 11 is 6.08. The first-order valence-electron chi connectivity index (χ1n) is 9.03. The van der Waals surface area contributed by atoms with Gasteiger partial charge >= 0.3 is 0 Å². The van der Waals surface area contributed by atoms with Gasteiger partial charge < -0.3 is 9.80 Å². The summed E-state index contributed by atoms with van der Waals surface area (Å²) in [6, 6.07) is 12.6. The second-order valence-electron chi connectivity index (χ2n) is 6.67. The third-order valence-electron chi connectivity index (χ3n) is 4.92. The lowest BCUT2D eigenvalue weighted by Gasteiger charge is -2.38. The van der Waals surface area contributed by atoms with Crippen LogP contribution < -0.4 is 4.90 Å². The summed E-state index contributed by atoms with van der Waals surface area (Å²) in [5, 5.41) is 0.691. The molecule has 0 amide bonds. The molecule has 2 aliphatic rings. The number of halogens is 2. The lowest BCUT2D eigenvalue weighted by atomic mass is 10.2. The van der Waals surface area contributed by atoms with Crippen LogP contribution in [0.5, 0.6) is 0 Å². The van der Waals surface area contributed by atoms with E-state index in [1.807, 2.05) is 29.2 Å². The molecule has 0 radical (unpaired) electrons. The van der Waals surface area contributed by atoms with E-state index in [4.69, 9.17) is 11.6 Å². The maximum absolute atomic E-state index is 13.2. The van der Waals surface area contributed by atoms with Gasteiger partial charge in [0.1, 0.15) is 5.82 Å². The van der Waals surface area contributed by atoms with E-state index in [1.54, 1.807) is 0 Å². The summed E-state index contributed by atoms with van der Waals surface area (Å²) in [5.41, 5.74) is 1.05. The van der Waals surface area contributed by atoms with Crippen LogP contribution in [-0.2, 0) is 10.0 Å². The van der Waals surface area contributed by atoms with Crippen LogP contribution in [-0.4, -0.2) is 62.9 Å². The molecule has 1 fully saturated rings. The molecule has 0 bridgehead atoms. The standard InChI is InChI=1S/C19H20ClFN4O2S/c20-15-2-1-3-17(14-15)23-10-12-24(13-11-23)19-22-8-9-25(19)28(26,27)18-6-4-16(21)5-7-18/h1-7,14H,8-13H2. The Morgan fingerprint density at radius 3 is 2.29 bits per heavy atom. The molecule has 0 unspecified atom stereocenters. The lowest BCUT2D eigenvalue weighted by molar-refractivity contribution is 0.358. The maximum atomic E-state index is 13.2. The summed E-state index contributed by atoms with van der Waals surface area (Å²) in [7, 11) is -3.76. The number of benzene rings is 2. The summed E-state index contributed by atoms with van der Waals surface area (Å²) in [6.45, 7) is 3.50. The van der Waals surface area contributed by atoms with Crippen LogP contribution in [0.2, 0.25) is 5.02 Å². The third kappa shape index (κ3) is 3.66. The SMILES string of the molecule is O=S(=O)(c1ccc(F)cc1)N1CCN=C1N1CCN(c2cccc(Cl)c2)CC1. The van der Waals surface area contributed by atoms with Crippen molar-refractivity contribution in [1.29, 1.82) is 0 Å². The molecule has 148 valence electrons. The molecule has 0 spiro atoms. The molecule has 28 heavy (non-hydrogen) atoms. The average Bonchev–Trinajstić information content (AvgIpc) is 3.19. The first kappa shape index (κ1) is 19.0. The first-order valence-corrected chi connectivity index (χ1v) is 10.9. The van der Waals surface area contributed by atoms with Crippen molar-refractivity contribution in [2.75, 3.05) is 44.2 Å². The Bertz CT molecular complexity index is 989. The molecule has 2 aliphatic heterocycles. The van der Waals surface area contributed by atoms with Crippen LogP contribution in [0.25, 0.3) is 0 Å². The highest BCUT2D eigenvalue weighted by Gasteiger charge is 2.35. The number of sulfonamides is 1. The van der Waals surface area contributed by atoms with E-state index in [1.165, 1.54) is 16.4 Å². The van der Waals surface area contributed by atoms with E-state index in [2.05, 4.69) is 9.89 Å². The number of rotatable bonds is 3. The second-order valence-corrected chi connectivity index (χ2v) is 8.97. The number of hydrogen-bond acceptors (Lipinski definition) is 5. The van der Waals surface area contributed by atoms with Gasteiger partial charge in [0.15, 0.2) is 0 Å². The predicted molar refractivity (Wildman–Crippen MR) is 108 cm³/mol. The fraction of sp³-hybridized carbons (Fsp3) is 0.316. The van der Waals surface area contributed by atoms with Gasteiger partial charge in [0, 0.05) is 36.9 Å². The monoisotopic (exact) mass is 422 g/mol. The van der Waals surface area contributed by atoms with E-state index in [9.17, 15) is 12.8 Å². The number of aliphatic imine (C=N–C) groups is 1. The minimum Gasteiger partial charge on any atom is -0.368 e. The van der Waals surface area contributed by atoms with Crippen LogP contribution in [0.4, 0.5) is 10.1 Å². The van der Waals surface area contributed by atoms with Gasteiger partial charge in [0.2, 0.25) is 5.96 Å². The van der Waals surface area contributed by atoms with Crippen molar-refractivity contribution in [3.63, 3.8) is 0 Å². The molecule has 0 N–H and O–H groups in total. The predicted octanol–water partition coefficient (Wildman–Crippen LogP) is 2.66. The Morgan fingerprint density at radius 2 is 1.61 bits per heavy atom. The molecule has 0 atom stereocenters. The molecule has 2 heterocycles. The van der Waals surface area contributed by atoms with Gasteiger partial charge in [0.05, 0.1) is 18.0 Å². The van der Waals surface area contributed by atoms with E-state index < -0.39 is 15.8 Å². The van der Waals surface area contributed by atoms with Crippen LogP contribution in [0.3, 0.4) is 0 Å². The smallest absolute Gasteiger partial charge is 0.266 e. The quantitative estimate of drug-likeness (QED) is 0.763. The highest BCUT2D eigenvalue weighted by Crippen LogP contribution is 2.24. The molecular weight excluding hydrogens is 403 g/mol. The minimum absolute atomic E-state index is 0.0704. The molecule has 4 rings (SSSR count). The zero-order valence-corrected chi connectivity index (χ0v) is 16.7. The van der Waals surface area contributed by atoms with Crippen molar-refractivity contribution >= 4 is 33.3 Å². The fourth-order valence-corrected chi connectivity index (χ4v) is 5.11. The molecule has 2 aromatic carbocycles. The molecule has 1 saturated heterocycles. The van der Waals surface area contributed by atoms with Crippen molar-refractivity contribution in [1.82, 2.24) is 9.21 Å². The topological polar surface area (TPSA) is 56.2 Å². The third-order valence-corrected chi connectivity index (χ3v) is 6.95. The molecular formula is C19H20ClFN4O2S. The van der Waals surface area contributed by atoms with Gasteiger partial charge in [0.25, 0.3) is 10.0 Å². The van der Waals surface area contributed by atoms with Gasteiger partial charge in [-0.15, -0.1) is 0 Å². The average molecular weight is 423 g/mol. The highest BCUT2D eigenvalue weighted by atomic mass is 35.5. The number of anilines is 1. The zero-order valence-electron chi connectivity index (χ0n) is 15.1. The van der Waals surface area contributed by atoms with E-state index >= 15 is 0 Å². The lowest BCUT2D eigenvalue weighted by Crippen LogP contribution is -2.53. The molecule has 0 aromatic heterocycles. The summed E-state index contributed by atoms with van der Waals surface area (Å²) in [4.78, 5) is 8.72. The molecule has 0 saturated carbocycles. The van der Waals surface area contributed by atoms with Gasteiger partial charge in [-0.25, -0.2) is 17.1 Å². The number of piperazine rings is 1. The molecule has 6 nitrogen and oxygen atoms in total. The first-order chi connectivity index (χ1) is 13.4. The highest BCUT2D eigenvalue weighted by molar-refractivity contribution is 7.89. The van der Waals surface area contributed by atoms with Crippen LogP contribution >= 0.6 is 11.6 Å². The van der Waals surface area contributed by atoms with Crippen LogP contribution in [0.1, 0.15) is 0 Å². The molecule has 2 aromatic rings. The van der Waals surface area contributed by atoms with E-state index in [0.29, 0.717) is 37.2 Å². The van der Waals surface area contributed by atoms with Crippen molar-refractivity contribution in [2.45, 2.75) is 4.90 Å². The number of hydrogen-bond donors (Lipinski definition) is 0. The zero-order chi connectivity index (χ0) is 19.7. The maximum Gasteiger partial charge on any atom is 0.266 e. The van der Waals surface area contributed by atoms with E-state index in [-0.39, 0.29) is 4.90 Å². The van der Waals surface area contributed by atoms with Gasteiger partial charge in [-0.1, -0.05) is 17.7 Å². The Kier molecular flexibility index (Phi) is 5.16. The summed E-state index contributed by atoms with van der Waals surface area (Å²) in [5.74, 6) is 0.00136. The normalized spacial score (nSPS) is 17.8. The van der Waals surface area contributed by atoms with Crippen LogP contribution in [0.15, 0.2) is 58.4 Å². The van der Waals surface area contributed by atoms with Gasteiger partial charge in [-0.3, -0.25) is 4.99 Å². The minimum atomic E-state index is -3.76.